The highest BCUT2D eigenvalue weighted by Gasteiger charge is 2.59. The zero-order valence-electron chi connectivity index (χ0n) is 21.4. The van der Waals surface area contributed by atoms with Crippen LogP contribution in [-0.4, -0.2) is 21.9 Å². The van der Waals surface area contributed by atoms with E-state index in [1.54, 1.807) is 5.57 Å². The minimum Gasteiger partial charge on any atom is -0.393 e. The molecule has 32 heavy (non-hydrogen) atoms. The van der Waals surface area contributed by atoms with Gasteiger partial charge in [-0.15, -0.1) is 0 Å². The fourth-order valence-electron chi connectivity index (χ4n) is 9.68. The average Bonchev–Trinajstić information content (AvgIpc) is 3.09. The molecule has 9 atom stereocenters. The van der Waals surface area contributed by atoms with Gasteiger partial charge in [0.1, 0.15) is 0 Å². The van der Waals surface area contributed by atoms with Gasteiger partial charge in [-0.25, -0.2) is 0 Å². The smallest absolute Gasteiger partial charge is 0.0682 e. The lowest BCUT2D eigenvalue weighted by Crippen LogP contribution is -2.52. The number of rotatable bonds is 6. The van der Waals surface area contributed by atoms with Crippen molar-refractivity contribution < 1.29 is 10.2 Å². The van der Waals surface area contributed by atoms with Gasteiger partial charge in [-0.05, 0) is 130 Å². The van der Waals surface area contributed by atoms with Crippen LogP contribution in [0.3, 0.4) is 0 Å². The van der Waals surface area contributed by atoms with Gasteiger partial charge in [0.2, 0.25) is 0 Å². The molecule has 0 aromatic heterocycles. The lowest BCUT2D eigenvalue weighted by molar-refractivity contribution is -0.0760. The molecule has 0 amide bonds. The Balaban J connectivity index is 1.28. The first kappa shape index (κ1) is 23.4. The van der Waals surface area contributed by atoms with Gasteiger partial charge in [-0.3, -0.25) is 0 Å². The summed E-state index contributed by atoms with van der Waals surface area (Å²) in [7, 11) is 0. The maximum Gasteiger partial charge on any atom is 0.0682 e. The van der Waals surface area contributed by atoms with Crippen molar-refractivity contribution in [3.05, 3.63) is 11.6 Å². The zero-order valence-corrected chi connectivity index (χ0v) is 21.4. The third-order valence-electron chi connectivity index (χ3n) is 12.3. The van der Waals surface area contributed by atoms with Crippen molar-refractivity contribution in [1.82, 2.24) is 0 Å². The molecule has 4 saturated carbocycles. The highest BCUT2D eigenvalue weighted by molar-refractivity contribution is 5.27. The Morgan fingerprint density at radius 1 is 1.00 bits per heavy atom. The number of aliphatic hydroxyl groups is 2. The van der Waals surface area contributed by atoms with Crippen LogP contribution in [-0.2, 0) is 0 Å². The summed E-state index contributed by atoms with van der Waals surface area (Å²) in [5.41, 5.74) is 2.00. The topological polar surface area (TPSA) is 40.5 Å². The van der Waals surface area contributed by atoms with Crippen LogP contribution in [0.1, 0.15) is 118 Å². The molecule has 4 fully saturated rings. The van der Waals surface area contributed by atoms with Crippen molar-refractivity contribution in [2.24, 2.45) is 46.3 Å². The summed E-state index contributed by atoms with van der Waals surface area (Å²) < 4.78 is 0. The molecule has 0 unspecified atom stereocenters. The standard InChI is InChI=1S/C30H50O2/c1-5-30(32)18-17-28(3)22(19-30)10-11-23-25-13-12-24(29(25,4)16-15-26(23)28)20(2)9-14-27(31)21-7-6-8-21/h10,20-21,23-27,31-32H,5-9,11-19H2,1-4H3/t20-,23+,24-,25+,26+,27-,28+,29-,30+/m1/s1. The molecule has 2 nitrogen and oxygen atoms in total. The van der Waals surface area contributed by atoms with E-state index in [0.717, 1.165) is 55.3 Å². The minimum absolute atomic E-state index is 0.0399. The Kier molecular flexibility index (Phi) is 6.14. The third-order valence-corrected chi connectivity index (χ3v) is 12.3. The Hall–Kier alpha value is -0.340. The number of fused-ring (bicyclic) bond motifs is 5. The summed E-state index contributed by atoms with van der Waals surface area (Å²) >= 11 is 0. The van der Waals surface area contributed by atoms with E-state index in [0.29, 0.717) is 16.7 Å². The summed E-state index contributed by atoms with van der Waals surface area (Å²) in [4.78, 5) is 0. The molecule has 2 N–H and O–H groups in total. The fourth-order valence-corrected chi connectivity index (χ4v) is 9.68. The van der Waals surface area contributed by atoms with E-state index in [2.05, 4.69) is 33.8 Å². The first-order valence-corrected chi connectivity index (χ1v) is 14.3. The van der Waals surface area contributed by atoms with Gasteiger partial charge in [-0.1, -0.05) is 45.8 Å². The first-order valence-electron chi connectivity index (χ1n) is 14.3. The van der Waals surface area contributed by atoms with Crippen LogP contribution in [0.4, 0.5) is 0 Å². The molecule has 0 spiro atoms. The molecule has 0 radical (unpaired) electrons. The Morgan fingerprint density at radius 3 is 2.47 bits per heavy atom. The van der Waals surface area contributed by atoms with Crippen molar-refractivity contribution in [2.75, 3.05) is 0 Å². The van der Waals surface area contributed by atoms with Crippen molar-refractivity contribution in [1.29, 1.82) is 0 Å². The summed E-state index contributed by atoms with van der Waals surface area (Å²) in [5.74, 6) is 4.76. The van der Waals surface area contributed by atoms with Crippen LogP contribution >= 0.6 is 0 Å². The van der Waals surface area contributed by atoms with Crippen LogP contribution < -0.4 is 0 Å². The van der Waals surface area contributed by atoms with Crippen molar-refractivity contribution in [2.45, 2.75) is 129 Å². The Morgan fingerprint density at radius 2 is 1.78 bits per heavy atom. The van der Waals surface area contributed by atoms with Gasteiger partial charge in [0.15, 0.2) is 0 Å². The molecular weight excluding hydrogens is 392 g/mol. The Bertz CT molecular complexity index is 724. The van der Waals surface area contributed by atoms with E-state index < -0.39 is 5.60 Å². The van der Waals surface area contributed by atoms with Crippen molar-refractivity contribution in [3.8, 4) is 0 Å². The molecule has 0 bridgehead atoms. The number of hydrogen-bond acceptors (Lipinski definition) is 2. The largest absolute Gasteiger partial charge is 0.393 e. The van der Waals surface area contributed by atoms with Crippen LogP contribution in [0.15, 0.2) is 11.6 Å². The lowest BCUT2D eigenvalue weighted by atomic mass is 9.46. The zero-order chi connectivity index (χ0) is 22.7. The number of aliphatic hydroxyl groups excluding tert-OH is 1. The van der Waals surface area contributed by atoms with Gasteiger partial charge in [0, 0.05) is 0 Å². The average molecular weight is 443 g/mol. The molecule has 5 aliphatic rings. The normalized spacial score (nSPS) is 48.1. The predicted octanol–water partition coefficient (Wildman–Crippen LogP) is 7.28. The first-order chi connectivity index (χ1) is 15.2. The van der Waals surface area contributed by atoms with Gasteiger partial charge in [-0.2, -0.15) is 0 Å². The molecule has 2 heteroatoms. The van der Waals surface area contributed by atoms with Gasteiger partial charge < -0.3 is 10.2 Å². The molecule has 0 aromatic carbocycles. The summed E-state index contributed by atoms with van der Waals surface area (Å²) in [6, 6.07) is 0. The maximum atomic E-state index is 11.0. The predicted molar refractivity (Wildman–Crippen MR) is 132 cm³/mol. The monoisotopic (exact) mass is 442 g/mol. The molecule has 0 aliphatic heterocycles. The van der Waals surface area contributed by atoms with E-state index in [1.807, 2.05) is 0 Å². The van der Waals surface area contributed by atoms with Gasteiger partial charge in [0.05, 0.1) is 11.7 Å². The van der Waals surface area contributed by atoms with Crippen LogP contribution in [0, 0.1) is 46.3 Å². The molecule has 0 aromatic rings. The van der Waals surface area contributed by atoms with Crippen LogP contribution in [0.2, 0.25) is 0 Å². The number of allylic oxidation sites excluding steroid dienone is 1. The quantitative estimate of drug-likeness (QED) is 0.424. The highest BCUT2D eigenvalue weighted by atomic mass is 16.3. The van der Waals surface area contributed by atoms with E-state index in [-0.39, 0.29) is 6.10 Å². The molecule has 5 rings (SSSR count). The van der Waals surface area contributed by atoms with E-state index in [9.17, 15) is 10.2 Å². The van der Waals surface area contributed by atoms with Crippen molar-refractivity contribution >= 4 is 0 Å². The molecule has 0 heterocycles. The summed E-state index contributed by atoms with van der Waals surface area (Å²) in [6.07, 6.45) is 19.5. The SMILES string of the molecule is CC[C@]1(O)CC[C@@]2(C)C(=CC[C@H]3[C@@H]4CC[C@H]([C@H](C)CC[C@@H](O)C5CCC5)[C@@]4(C)CC[C@@H]32)C1. The second-order valence-electron chi connectivity index (χ2n) is 13.6. The summed E-state index contributed by atoms with van der Waals surface area (Å²) in [5, 5.41) is 21.6. The van der Waals surface area contributed by atoms with E-state index in [1.165, 1.54) is 64.2 Å². The maximum absolute atomic E-state index is 11.0. The number of hydrogen-bond donors (Lipinski definition) is 2. The van der Waals surface area contributed by atoms with Crippen LogP contribution in [0.5, 0.6) is 0 Å². The Labute approximate surface area is 197 Å². The van der Waals surface area contributed by atoms with Crippen molar-refractivity contribution in [3.63, 3.8) is 0 Å². The lowest BCUT2D eigenvalue weighted by Gasteiger charge is -2.59. The van der Waals surface area contributed by atoms with E-state index in [4.69, 9.17) is 0 Å². The van der Waals surface area contributed by atoms with Gasteiger partial charge in [0.25, 0.3) is 0 Å². The summed E-state index contributed by atoms with van der Waals surface area (Å²) in [6.45, 7) is 9.88. The third kappa shape index (κ3) is 3.65. The van der Waals surface area contributed by atoms with E-state index >= 15 is 0 Å². The van der Waals surface area contributed by atoms with Gasteiger partial charge >= 0.3 is 0 Å². The second-order valence-corrected chi connectivity index (χ2v) is 13.6. The molecule has 5 aliphatic carbocycles. The second kappa shape index (κ2) is 8.40. The molecule has 0 saturated heterocycles. The fraction of sp³-hybridized carbons (Fsp3) is 0.933. The minimum atomic E-state index is -0.445. The van der Waals surface area contributed by atoms with Crippen LogP contribution in [0.25, 0.3) is 0 Å². The molecule has 182 valence electrons. The highest BCUT2D eigenvalue weighted by Crippen LogP contribution is 2.67. The molecular formula is C30H50O2.